The van der Waals surface area contributed by atoms with Gasteiger partial charge in [0.05, 0.1) is 6.61 Å². The zero-order valence-corrected chi connectivity index (χ0v) is 25.9. The fourth-order valence-electron chi connectivity index (χ4n) is 5.56. The maximum absolute atomic E-state index is 13.3. The van der Waals surface area contributed by atoms with Crippen LogP contribution in [0.15, 0.2) is 34.5 Å². The first kappa shape index (κ1) is 31.0. The van der Waals surface area contributed by atoms with E-state index in [1.54, 1.807) is 0 Å². The summed E-state index contributed by atoms with van der Waals surface area (Å²) in [6.45, 7) is 7.03. The number of aliphatic hydroxyl groups excluding tert-OH is 1. The predicted octanol–water partition coefficient (Wildman–Crippen LogP) is 7.08. The highest BCUT2D eigenvalue weighted by Crippen LogP contribution is 2.38. The summed E-state index contributed by atoms with van der Waals surface area (Å²) in [6.07, 6.45) is 10.3. The second-order valence-electron chi connectivity index (χ2n) is 11.9. The zero-order chi connectivity index (χ0) is 28.7. The van der Waals surface area contributed by atoms with Gasteiger partial charge in [-0.15, -0.1) is 11.3 Å². The maximum atomic E-state index is 13.3. The highest BCUT2D eigenvalue weighted by atomic mass is 32.2. The van der Waals surface area contributed by atoms with E-state index in [0.29, 0.717) is 36.4 Å². The minimum Gasteiger partial charge on any atom is -0.449 e. The number of carbonyl (C=O) groups is 1. The van der Waals surface area contributed by atoms with Gasteiger partial charge in [0.25, 0.3) is 10.0 Å². The van der Waals surface area contributed by atoms with E-state index in [9.17, 15) is 18.3 Å². The Balaban J connectivity index is 1.50. The molecule has 0 aliphatic heterocycles. The minimum absolute atomic E-state index is 0.130. The molecule has 2 aliphatic carbocycles. The monoisotopic (exact) mass is 590 g/mol. The summed E-state index contributed by atoms with van der Waals surface area (Å²) < 4.78 is 33.8. The maximum Gasteiger partial charge on any atom is 0.421 e. The van der Waals surface area contributed by atoms with Gasteiger partial charge in [0.15, 0.2) is 0 Å². The molecular weight excluding hydrogens is 544 g/mol. The van der Waals surface area contributed by atoms with Gasteiger partial charge in [-0.05, 0) is 61.1 Å². The lowest BCUT2D eigenvalue weighted by atomic mass is 9.86. The third kappa shape index (κ3) is 8.78. The van der Waals surface area contributed by atoms with Gasteiger partial charge in [-0.1, -0.05) is 83.6 Å². The summed E-state index contributed by atoms with van der Waals surface area (Å²) in [5.41, 5.74) is 2.48. The molecule has 4 rings (SSSR count). The van der Waals surface area contributed by atoms with E-state index < -0.39 is 22.3 Å². The number of carbonyl (C=O) groups excluding carboxylic acids is 1. The summed E-state index contributed by atoms with van der Waals surface area (Å²) in [6, 6.07) is 10.3. The van der Waals surface area contributed by atoms with Crippen LogP contribution in [-0.4, -0.2) is 43.4 Å². The number of ether oxygens (including phenoxy) is 1. The second-order valence-corrected chi connectivity index (χ2v) is 14.9. The van der Waals surface area contributed by atoms with Crippen molar-refractivity contribution in [3.8, 4) is 11.1 Å². The van der Waals surface area contributed by atoms with Crippen LogP contribution in [0.4, 0.5) is 4.79 Å². The number of hydrogen-bond donors (Lipinski definition) is 2. The molecule has 1 atom stereocenters. The molecule has 0 radical (unpaired) electrons. The molecule has 2 N–H and O–H groups in total. The van der Waals surface area contributed by atoms with E-state index >= 15 is 0 Å². The molecule has 2 aliphatic rings. The van der Waals surface area contributed by atoms with Gasteiger partial charge in [-0.2, -0.15) is 0 Å². The number of hydrogen-bond acceptors (Lipinski definition) is 7. The number of nitrogens with one attached hydrogen (secondary N) is 1. The number of amides is 1. The summed E-state index contributed by atoms with van der Waals surface area (Å²) in [5.74, 6) is 0.980. The van der Waals surface area contributed by atoms with Crippen molar-refractivity contribution in [2.75, 3.05) is 6.61 Å². The van der Waals surface area contributed by atoms with Gasteiger partial charge in [0, 0.05) is 23.0 Å². The van der Waals surface area contributed by atoms with Crippen LogP contribution in [0.3, 0.4) is 0 Å². The van der Waals surface area contributed by atoms with Crippen molar-refractivity contribution in [3.05, 3.63) is 40.8 Å². The Kier molecular flexibility index (Phi) is 11.1. The van der Waals surface area contributed by atoms with E-state index in [1.807, 2.05) is 37.3 Å². The quantitative estimate of drug-likeness (QED) is 0.180. The SMILES string of the molecule is CCCCOC(=O)NS(=O)(=O)c1sc(CC(C)C)cc1-c1ccc(CN(C(O)CC2CCCCC2)C2CC2)cc1. The number of nitrogens with zero attached hydrogens (tertiary/aromatic N) is 1. The van der Waals surface area contributed by atoms with Crippen molar-refractivity contribution >= 4 is 27.5 Å². The molecular formula is C31H46N2O5S2. The first-order chi connectivity index (χ1) is 19.2. The minimum atomic E-state index is -4.10. The van der Waals surface area contributed by atoms with Crippen molar-refractivity contribution in [2.24, 2.45) is 11.8 Å². The van der Waals surface area contributed by atoms with Crippen LogP contribution >= 0.6 is 11.3 Å². The van der Waals surface area contributed by atoms with Crippen LogP contribution in [0.25, 0.3) is 11.1 Å². The van der Waals surface area contributed by atoms with E-state index in [1.165, 1.54) is 43.4 Å². The molecule has 2 aromatic rings. The molecule has 1 amide bonds. The normalized spacial score (nSPS) is 17.4. The molecule has 0 saturated heterocycles. The lowest BCUT2D eigenvalue weighted by Gasteiger charge is -2.32. The molecule has 40 heavy (non-hydrogen) atoms. The Morgan fingerprint density at radius 2 is 1.82 bits per heavy atom. The molecule has 1 heterocycles. The Hall–Kier alpha value is -1.94. The summed E-state index contributed by atoms with van der Waals surface area (Å²) in [7, 11) is -4.10. The summed E-state index contributed by atoms with van der Waals surface area (Å²) in [5, 5.41) is 11.1. The Bertz CT molecular complexity index is 1200. The highest BCUT2D eigenvalue weighted by molar-refractivity contribution is 7.92. The van der Waals surface area contributed by atoms with Gasteiger partial charge in [-0.25, -0.2) is 17.9 Å². The van der Waals surface area contributed by atoms with Gasteiger partial charge in [0.1, 0.15) is 10.4 Å². The first-order valence-electron chi connectivity index (χ1n) is 15.0. The average Bonchev–Trinajstić information content (AvgIpc) is 3.66. The highest BCUT2D eigenvalue weighted by Gasteiger charge is 2.34. The van der Waals surface area contributed by atoms with Gasteiger partial charge in [-0.3, -0.25) is 4.90 Å². The summed E-state index contributed by atoms with van der Waals surface area (Å²) >= 11 is 1.21. The fourth-order valence-corrected chi connectivity index (χ4v) is 8.40. The van der Waals surface area contributed by atoms with Crippen LogP contribution < -0.4 is 4.72 Å². The number of rotatable bonds is 14. The van der Waals surface area contributed by atoms with Gasteiger partial charge in [0.2, 0.25) is 0 Å². The number of thiophene rings is 1. The topological polar surface area (TPSA) is 95.9 Å². The first-order valence-corrected chi connectivity index (χ1v) is 17.3. The standard InChI is InChI=1S/C31H46N2O5S2/c1-4-5-17-38-31(35)32-40(36,37)30-28(20-27(39-30)18-22(2)3)25-13-11-24(12-14-25)21-33(26-15-16-26)29(34)19-23-9-7-6-8-10-23/h11-14,20,22-23,26,29,34H,4-10,15-19,21H2,1-3H3,(H,32,35). The molecule has 9 heteroatoms. The largest absolute Gasteiger partial charge is 0.449 e. The third-order valence-corrected chi connectivity index (χ3v) is 10.9. The zero-order valence-electron chi connectivity index (χ0n) is 24.2. The van der Waals surface area contributed by atoms with E-state index in [2.05, 4.69) is 23.5 Å². The van der Waals surface area contributed by atoms with E-state index in [4.69, 9.17) is 4.74 Å². The molecule has 0 bridgehead atoms. The smallest absolute Gasteiger partial charge is 0.421 e. The Labute approximate surface area is 244 Å². The lowest BCUT2D eigenvalue weighted by Crippen LogP contribution is -2.38. The molecule has 7 nitrogen and oxygen atoms in total. The van der Waals surface area contributed by atoms with Crippen LogP contribution in [0.1, 0.15) is 95.4 Å². The van der Waals surface area contributed by atoms with E-state index in [0.717, 1.165) is 48.1 Å². The lowest BCUT2D eigenvalue weighted by molar-refractivity contribution is -0.0283. The molecule has 1 aromatic heterocycles. The molecule has 2 saturated carbocycles. The van der Waals surface area contributed by atoms with E-state index in [-0.39, 0.29) is 10.8 Å². The second kappa shape index (κ2) is 14.3. The van der Waals surface area contributed by atoms with Crippen molar-refractivity contribution < 1.29 is 23.1 Å². The van der Waals surface area contributed by atoms with Crippen LogP contribution in [0.2, 0.25) is 0 Å². The van der Waals surface area contributed by atoms with Crippen molar-refractivity contribution in [3.63, 3.8) is 0 Å². The number of sulfonamides is 1. The third-order valence-electron chi connectivity index (χ3n) is 7.85. The Morgan fingerprint density at radius 3 is 2.45 bits per heavy atom. The fraction of sp³-hybridized carbons (Fsp3) is 0.645. The van der Waals surface area contributed by atoms with Crippen LogP contribution in [0, 0.1) is 11.8 Å². The molecule has 0 spiro atoms. The average molecular weight is 591 g/mol. The van der Waals surface area contributed by atoms with Gasteiger partial charge < -0.3 is 9.84 Å². The van der Waals surface area contributed by atoms with Crippen LogP contribution in [-0.2, 0) is 27.7 Å². The molecule has 1 unspecified atom stereocenters. The Morgan fingerprint density at radius 1 is 1.12 bits per heavy atom. The number of unbranched alkanes of at least 4 members (excludes halogenated alkanes) is 1. The number of benzene rings is 1. The van der Waals surface area contributed by atoms with Crippen molar-refractivity contribution in [2.45, 2.75) is 114 Å². The van der Waals surface area contributed by atoms with Gasteiger partial charge >= 0.3 is 6.09 Å². The number of aliphatic hydroxyl groups is 1. The van der Waals surface area contributed by atoms with Crippen molar-refractivity contribution in [1.29, 1.82) is 0 Å². The van der Waals surface area contributed by atoms with Crippen LogP contribution in [0.5, 0.6) is 0 Å². The summed E-state index contributed by atoms with van der Waals surface area (Å²) in [4.78, 5) is 15.4. The molecule has 1 aromatic carbocycles. The van der Waals surface area contributed by atoms with Crippen molar-refractivity contribution in [1.82, 2.24) is 9.62 Å². The molecule has 2 fully saturated rings. The predicted molar refractivity (Wildman–Crippen MR) is 161 cm³/mol. The molecule has 222 valence electrons.